The molecule has 1 aliphatic heterocycles. The van der Waals surface area contributed by atoms with Crippen LogP contribution in [-0.4, -0.2) is 22.7 Å². The molecular weight excluding hydrogens is 210 g/mol. The predicted molar refractivity (Wildman–Crippen MR) is 68.5 cm³/mol. The Balaban J connectivity index is 1.52. The number of rotatable bonds is 3. The van der Waals surface area contributed by atoms with Gasteiger partial charge >= 0.3 is 0 Å². The fourth-order valence-corrected chi connectivity index (χ4v) is 3.26. The normalized spacial score (nSPS) is 28.5. The van der Waals surface area contributed by atoms with E-state index >= 15 is 0 Å². The Hall–Kier alpha value is -0.860. The lowest BCUT2D eigenvalue weighted by Crippen LogP contribution is -2.23. The second-order valence-corrected chi connectivity index (χ2v) is 5.53. The summed E-state index contributed by atoms with van der Waals surface area (Å²) in [7, 11) is 0. The highest BCUT2D eigenvalue weighted by Gasteiger charge is 2.26. The van der Waals surface area contributed by atoms with E-state index < -0.39 is 0 Å². The first-order valence-corrected chi connectivity index (χ1v) is 6.80. The maximum atomic E-state index is 9.82. The number of fused-ring (bicyclic) bond motifs is 1. The highest BCUT2D eigenvalue weighted by atomic mass is 16.3. The Bertz CT molecular complexity index is 365. The van der Waals surface area contributed by atoms with Crippen LogP contribution >= 0.6 is 0 Å². The van der Waals surface area contributed by atoms with Gasteiger partial charge in [0.05, 0.1) is 6.10 Å². The van der Waals surface area contributed by atoms with E-state index in [4.69, 9.17) is 0 Å². The average molecular weight is 231 g/mol. The largest absolute Gasteiger partial charge is 0.393 e. The minimum atomic E-state index is -0.0278. The van der Waals surface area contributed by atoms with Crippen LogP contribution in [0, 0.1) is 5.92 Å². The van der Waals surface area contributed by atoms with E-state index in [9.17, 15) is 5.11 Å². The molecule has 2 aliphatic rings. The number of hydrogen-bond donors (Lipinski definition) is 1. The molecule has 1 aliphatic carbocycles. The van der Waals surface area contributed by atoms with Gasteiger partial charge < -0.3 is 5.11 Å². The van der Waals surface area contributed by atoms with Crippen molar-refractivity contribution in [2.75, 3.05) is 6.54 Å². The minimum absolute atomic E-state index is 0.0278. The van der Waals surface area contributed by atoms with Crippen LogP contribution in [0.15, 0.2) is 24.3 Å². The van der Waals surface area contributed by atoms with Crippen molar-refractivity contribution in [3.8, 4) is 0 Å². The first kappa shape index (κ1) is 11.2. The lowest BCUT2D eigenvalue weighted by atomic mass is 10.0. The fraction of sp³-hybridized carbons (Fsp3) is 0.600. The SMILES string of the molecule is OC1CCCC1CCN1Cc2ccccc2C1. The molecule has 0 amide bonds. The van der Waals surface area contributed by atoms with Crippen LogP contribution in [-0.2, 0) is 13.1 Å². The summed E-state index contributed by atoms with van der Waals surface area (Å²) < 4.78 is 0. The maximum Gasteiger partial charge on any atom is 0.0568 e. The monoisotopic (exact) mass is 231 g/mol. The number of aliphatic hydroxyl groups excluding tert-OH is 1. The molecule has 3 rings (SSSR count). The van der Waals surface area contributed by atoms with Gasteiger partial charge in [-0.1, -0.05) is 30.7 Å². The van der Waals surface area contributed by atoms with Crippen molar-refractivity contribution in [2.24, 2.45) is 5.92 Å². The van der Waals surface area contributed by atoms with E-state index in [1.807, 2.05) is 0 Å². The molecular formula is C15H21NO. The Kier molecular flexibility index (Phi) is 3.17. The van der Waals surface area contributed by atoms with Gasteiger partial charge in [0, 0.05) is 13.1 Å². The molecule has 2 atom stereocenters. The Morgan fingerprint density at radius 2 is 1.82 bits per heavy atom. The molecule has 2 heteroatoms. The van der Waals surface area contributed by atoms with Gasteiger partial charge in [0.1, 0.15) is 0 Å². The molecule has 2 unspecified atom stereocenters. The van der Waals surface area contributed by atoms with Gasteiger partial charge in [-0.15, -0.1) is 0 Å². The zero-order chi connectivity index (χ0) is 11.7. The molecule has 1 heterocycles. The number of hydrogen-bond acceptors (Lipinski definition) is 2. The van der Waals surface area contributed by atoms with Gasteiger partial charge in [-0.05, 0) is 42.9 Å². The zero-order valence-corrected chi connectivity index (χ0v) is 10.3. The molecule has 17 heavy (non-hydrogen) atoms. The summed E-state index contributed by atoms with van der Waals surface area (Å²) in [5, 5.41) is 9.82. The molecule has 1 aromatic rings. The topological polar surface area (TPSA) is 23.5 Å². The lowest BCUT2D eigenvalue weighted by Gasteiger charge is -2.19. The van der Waals surface area contributed by atoms with Crippen LogP contribution in [0.4, 0.5) is 0 Å². The smallest absolute Gasteiger partial charge is 0.0568 e. The van der Waals surface area contributed by atoms with Crippen molar-refractivity contribution in [1.82, 2.24) is 4.90 Å². The van der Waals surface area contributed by atoms with Gasteiger partial charge in [-0.2, -0.15) is 0 Å². The Morgan fingerprint density at radius 1 is 1.12 bits per heavy atom. The summed E-state index contributed by atoms with van der Waals surface area (Å²) >= 11 is 0. The lowest BCUT2D eigenvalue weighted by molar-refractivity contribution is 0.118. The molecule has 0 aromatic heterocycles. The van der Waals surface area contributed by atoms with Crippen LogP contribution in [0.25, 0.3) is 0 Å². The van der Waals surface area contributed by atoms with Crippen molar-refractivity contribution in [3.63, 3.8) is 0 Å². The van der Waals surface area contributed by atoms with Crippen molar-refractivity contribution in [3.05, 3.63) is 35.4 Å². The van der Waals surface area contributed by atoms with E-state index in [0.29, 0.717) is 5.92 Å². The first-order chi connectivity index (χ1) is 8.33. The van der Waals surface area contributed by atoms with Crippen LogP contribution < -0.4 is 0 Å². The predicted octanol–water partition coefficient (Wildman–Crippen LogP) is 2.55. The maximum absolute atomic E-state index is 9.82. The highest BCUT2D eigenvalue weighted by molar-refractivity contribution is 5.30. The average Bonchev–Trinajstić information content (AvgIpc) is 2.92. The Morgan fingerprint density at radius 3 is 2.41 bits per heavy atom. The third-order valence-electron chi connectivity index (χ3n) is 4.34. The first-order valence-electron chi connectivity index (χ1n) is 6.80. The van der Waals surface area contributed by atoms with Crippen LogP contribution in [0.2, 0.25) is 0 Å². The van der Waals surface area contributed by atoms with Crippen LogP contribution in [0.3, 0.4) is 0 Å². The third kappa shape index (κ3) is 2.38. The van der Waals surface area contributed by atoms with E-state index in [1.54, 1.807) is 0 Å². The highest BCUT2D eigenvalue weighted by Crippen LogP contribution is 2.30. The standard InChI is InChI=1S/C15H21NO/c17-15-7-3-6-12(15)8-9-16-10-13-4-1-2-5-14(13)11-16/h1-2,4-5,12,15,17H,3,6-11H2. The van der Waals surface area contributed by atoms with Gasteiger partial charge in [0.25, 0.3) is 0 Å². The van der Waals surface area contributed by atoms with Crippen LogP contribution in [0.1, 0.15) is 36.8 Å². The van der Waals surface area contributed by atoms with Gasteiger partial charge in [-0.25, -0.2) is 0 Å². The molecule has 2 nitrogen and oxygen atoms in total. The zero-order valence-electron chi connectivity index (χ0n) is 10.3. The molecule has 0 saturated heterocycles. The van der Waals surface area contributed by atoms with E-state index in [-0.39, 0.29) is 6.10 Å². The van der Waals surface area contributed by atoms with Gasteiger partial charge in [0.15, 0.2) is 0 Å². The molecule has 92 valence electrons. The van der Waals surface area contributed by atoms with Crippen molar-refractivity contribution < 1.29 is 5.11 Å². The Labute approximate surface area is 103 Å². The molecule has 0 bridgehead atoms. The quantitative estimate of drug-likeness (QED) is 0.864. The van der Waals surface area contributed by atoms with Crippen molar-refractivity contribution in [1.29, 1.82) is 0 Å². The summed E-state index contributed by atoms with van der Waals surface area (Å²) in [5.74, 6) is 0.554. The summed E-state index contributed by atoms with van der Waals surface area (Å²) in [6.07, 6.45) is 4.59. The minimum Gasteiger partial charge on any atom is -0.393 e. The van der Waals surface area contributed by atoms with Crippen LogP contribution in [0.5, 0.6) is 0 Å². The molecule has 1 N–H and O–H groups in total. The number of nitrogens with zero attached hydrogens (tertiary/aromatic N) is 1. The second kappa shape index (κ2) is 4.79. The third-order valence-corrected chi connectivity index (χ3v) is 4.34. The molecule has 0 spiro atoms. The summed E-state index contributed by atoms with van der Waals surface area (Å²) in [6.45, 7) is 3.33. The fourth-order valence-electron chi connectivity index (χ4n) is 3.26. The molecule has 1 aromatic carbocycles. The number of benzene rings is 1. The van der Waals surface area contributed by atoms with Crippen molar-refractivity contribution in [2.45, 2.75) is 44.9 Å². The number of aliphatic hydroxyl groups is 1. The second-order valence-electron chi connectivity index (χ2n) is 5.53. The summed E-state index contributed by atoms with van der Waals surface area (Å²) in [6, 6.07) is 8.73. The van der Waals surface area contributed by atoms with E-state index in [0.717, 1.165) is 32.5 Å². The van der Waals surface area contributed by atoms with E-state index in [1.165, 1.54) is 24.0 Å². The molecule has 1 fully saturated rings. The van der Waals surface area contributed by atoms with Gasteiger partial charge in [-0.3, -0.25) is 4.90 Å². The molecule has 1 saturated carbocycles. The van der Waals surface area contributed by atoms with E-state index in [2.05, 4.69) is 29.2 Å². The van der Waals surface area contributed by atoms with Gasteiger partial charge in [0.2, 0.25) is 0 Å². The molecule has 0 radical (unpaired) electrons. The summed E-state index contributed by atoms with van der Waals surface area (Å²) in [5.41, 5.74) is 2.97. The summed E-state index contributed by atoms with van der Waals surface area (Å²) in [4.78, 5) is 2.51. The van der Waals surface area contributed by atoms with Crippen molar-refractivity contribution >= 4 is 0 Å².